The van der Waals surface area contributed by atoms with Crippen molar-refractivity contribution in [3.8, 4) is 5.75 Å². The first-order chi connectivity index (χ1) is 10.4. The van der Waals surface area contributed by atoms with Crippen LogP contribution in [0.1, 0.15) is 18.1 Å². The van der Waals surface area contributed by atoms with E-state index in [2.05, 4.69) is 12.1 Å². The Morgan fingerprint density at radius 3 is 2.32 bits per heavy atom. The van der Waals surface area contributed by atoms with E-state index in [9.17, 15) is 8.42 Å². The van der Waals surface area contributed by atoms with E-state index in [1.54, 1.807) is 6.92 Å². The van der Waals surface area contributed by atoms with Crippen LogP contribution in [0.25, 0.3) is 0 Å². The van der Waals surface area contributed by atoms with Crippen molar-refractivity contribution in [2.75, 3.05) is 12.9 Å². The Balaban J connectivity index is 2.02. The molecule has 0 heterocycles. The highest BCUT2D eigenvalue weighted by molar-refractivity contribution is 7.86. The molecule has 0 fully saturated rings. The largest absolute Gasteiger partial charge is 0.491 e. The second kappa shape index (κ2) is 7.42. The van der Waals surface area contributed by atoms with E-state index in [1.165, 1.54) is 5.56 Å². The molecule has 22 heavy (non-hydrogen) atoms. The lowest BCUT2D eigenvalue weighted by atomic mass is 10.0. The highest BCUT2D eigenvalue weighted by atomic mass is 32.2. The quantitative estimate of drug-likeness (QED) is 0.736. The van der Waals surface area contributed by atoms with E-state index < -0.39 is 16.2 Å². The number of hydrogen-bond donors (Lipinski definition) is 0. The molecule has 4 nitrogen and oxygen atoms in total. The van der Waals surface area contributed by atoms with Crippen LogP contribution < -0.4 is 4.74 Å². The maximum absolute atomic E-state index is 11.1. The van der Waals surface area contributed by atoms with Crippen molar-refractivity contribution in [3.63, 3.8) is 0 Å². The molecule has 0 aliphatic rings. The predicted molar refractivity (Wildman–Crippen MR) is 86.6 cm³/mol. The lowest BCUT2D eigenvalue weighted by Crippen LogP contribution is -2.21. The zero-order valence-corrected chi connectivity index (χ0v) is 13.5. The Labute approximate surface area is 131 Å². The molecule has 2 rings (SSSR count). The first-order valence-corrected chi connectivity index (χ1v) is 8.88. The summed E-state index contributed by atoms with van der Waals surface area (Å²) in [5, 5.41) is 0. The van der Waals surface area contributed by atoms with Crippen LogP contribution in [-0.4, -0.2) is 27.4 Å². The van der Waals surface area contributed by atoms with Crippen molar-refractivity contribution in [2.45, 2.75) is 19.4 Å². The van der Waals surface area contributed by atoms with Gasteiger partial charge in [0.15, 0.2) is 0 Å². The van der Waals surface area contributed by atoms with Gasteiger partial charge in [-0.3, -0.25) is 4.18 Å². The van der Waals surface area contributed by atoms with E-state index in [-0.39, 0.29) is 6.61 Å². The summed E-state index contributed by atoms with van der Waals surface area (Å²) in [7, 11) is -3.47. The topological polar surface area (TPSA) is 52.6 Å². The number of benzene rings is 2. The van der Waals surface area contributed by atoms with Gasteiger partial charge in [0.05, 0.1) is 6.26 Å². The second-order valence-corrected chi connectivity index (χ2v) is 6.79. The Bertz CT molecular complexity index is 696. The molecule has 0 saturated carbocycles. The second-order valence-electron chi connectivity index (χ2n) is 5.19. The third kappa shape index (κ3) is 5.50. The summed E-state index contributed by atoms with van der Waals surface area (Å²) >= 11 is 0. The number of hydrogen-bond acceptors (Lipinski definition) is 4. The maximum Gasteiger partial charge on any atom is 0.264 e. The van der Waals surface area contributed by atoms with Gasteiger partial charge in [0.25, 0.3) is 10.1 Å². The molecule has 0 amide bonds. The molecule has 5 heteroatoms. The van der Waals surface area contributed by atoms with E-state index >= 15 is 0 Å². The molecule has 0 saturated heterocycles. The molecule has 0 aliphatic heterocycles. The SMILES string of the molecule is C[C@H](COc1ccccc1Cc1ccccc1)OS(C)(=O)=O. The third-order valence-corrected chi connectivity index (χ3v) is 3.70. The Hall–Kier alpha value is -1.85. The summed E-state index contributed by atoms with van der Waals surface area (Å²) in [6, 6.07) is 17.8. The molecule has 0 radical (unpaired) electrons. The number of ether oxygens (including phenoxy) is 1. The van der Waals surface area contributed by atoms with E-state index in [4.69, 9.17) is 8.92 Å². The molecule has 2 aromatic carbocycles. The van der Waals surface area contributed by atoms with Gasteiger partial charge in [-0.1, -0.05) is 48.5 Å². The van der Waals surface area contributed by atoms with Crippen LogP contribution in [0, 0.1) is 0 Å². The average Bonchev–Trinajstić information content (AvgIpc) is 2.46. The van der Waals surface area contributed by atoms with Gasteiger partial charge in [-0.05, 0) is 24.1 Å². The lowest BCUT2D eigenvalue weighted by molar-refractivity contribution is 0.149. The monoisotopic (exact) mass is 320 g/mol. The highest BCUT2D eigenvalue weighted by Gasteiger charge is 2.12. The van der Waals surface area contributed by atoms with E-state index in [1.807, 2.05) is 42.5 Å². The Morgan fingerprint density at radius 1 is 1.00 bits per heavy atom. The molecule has 0 unspecified atom stereocenters. The maximum atomic E-state index is 11.1. The van der Waals surface area contributed by atoms with Crippen molar-refractivity contribution >= 4 is 10.1 Å². The van der Waals surface area contributed by atoms with Gasteiger partial charge in [-0.2, -0.15) is 8.42 Å². The van der Waals surface area contributed by atoms with Gasteiger partial charge in [0.1, 0.15) is 18.5 Å². The third-order valence-electron chi connectivity index (χ3n) is 3.02. The Morgan fingerprint density at radius 2 is 1.64 bits per heavy atom. The standard InChI is InChI=1S/C17H20O4S/c1-14(21-22(2,18)19)13-20-17-11-7-6-10-16(17)12-15-8-4-3-5-9-15/h3-11,14H,12-13H2,1-2H3/t14-/m1/s1. The van der Waals surface area contributed by atoms with Crippen LogP contribution >= 0.6 is 0 Å². The van der Waals surface area contributed by atoms with Gasteiger partial charge in [0, 0.05) is 6.42 Å². The summed E-state index contributed by atoms with van der Waals surface area (Å²) in [6.45, 7) is 1.85. The van der Waals surface area contributed by atoms with Gasteiger partial charge in [-0.25, -0.2) is 0 Å². The van der Waals surface area contributed by atoms with Gasteiger partial charge in [-0.15, -0.1) is 0 Å². The van der Waals surface area contributed by atoms with Crippen LogP contribution in [-0.2, 0) is 20.7 Å². The molecule has 118 valence electrons. The number of para-hydroxylation sites is 1. The summed E-state index contributed by atoms with van der Waals surface area (Å²) in [5.74, 6) is 0.746. The van der Waals surface area contributed by atoms with Crippen molar-refractivity contribution in [1.82, 2.24) is 0 Å². The first kappa shape index (κ1) is 16.5. The fraction of sp³-hybridized carbons (Fsp3) is 0.294. The van der Waals surface area contributed by atoms with Crippen LogP contribution in [0.3, 0.4) is 0 Å². The van der Waals surface area contributed by atoms with Crippen LogP contribution in [0.2, 0.25) is 0 Å². The van der Waals surface area contributed by atoms with E-state index in [0.717, 1.165) is 24.0 Å². The first-order valence-electron chi connectivity index (χ1n) is 7.07. The Kier molecular flexibility index (Phi) is 5.57. The zero-order valence-electron chi connectivity index (χ0n) is 12.7. The minimum absolute atomic E-state index is 0.179. The van der Waals surface area contributed by atoms with Crippen LogP contribution in [0.4, 0.5) is 0 Å². The normalized spacial score (nSPS) is 12.8. The van der Waals surface area contributed by atoms with Crippen molar-refractivity contribution < 1.29 is 17.3 Å². The fourth-order valence-corrected chi connectivity index (χ4v) is 2.79. The molecule has 0 aliphatic carbocycles. The molecular weight excluding hydrogens is 300 g/mol. The average molecular weight is 320 g/mol. The minimum Gasteiger partial charge on any atom is -0.491 e. The highest BCUT2D eigenvalue weighted by Crippen LogP contribution is 2.21. The van der Waals surface area contributed by atoms with Gasteiger partial charge < -0.3 is 4.74 Å². The van der Waals surface area contributed by atoms with Gasteiger partial charge >= 0.3 is 0 Å². The van der Waals surface area contributed by atoms with Gasteiger partial charge in [0.2, 0.25) is 0 Å². The van der Waals surface area contributed by atoms with Crippen LogP contribution in [0.5, 0.6) is 5.75 Å². The number of rotatable bonds is 7. The fourth-order valence-electron chi connectivity index (χ4n) is 2.14. The van der Waals surface area contributed by atoms with E-state index in [0.29, 0.717) is 0 Å². The lowest BCUT2D eigenvalue weighted by Gasteiger charge is -2.15. The molecule has 0 aromatic heterocycles. The molecule has 2 aromatic rings. The molecule has 0 N–H and O–H groups in total. The predicted octanol–water partition coefficient (Wildman–Crippen LogP) is 3.02. The smallest absolute Gasteiger partial charge is 0.264 e. The summed E-state index contributed by atoms with van der Waals surface area (Å²) < 4.78 is 32.8. The van der Waals surface area contributed by atoms with Crippen molar-refractivity contribution in [1.29, 1.82) is 0 Å². The molecule has 0 spiro atoms. The molecular formula is C17H20O4S. The summed E-state index contributed by atoms with van der Waals surface area (Å²) in [5.41, 5.74) is 2.25. The minimum atomic E-state index is -3.47. The van der Waals surface area contributed by atoms with Crippen molar-refractivity contribution in [2.24, 2.45) is 0 Å². The molecule has 1 atom stereocenters. The zero-order chi connectivity index (χ0) is 16.0. The van der Waals surface area contributed by atoms with Crippen LogP contribution in [0.15, 0.2) is 54.6 Å². The van der Waals surface area contributed by atoms with Crippen molar-refractivity contribution in [3.05, 3.63) is 65.7 Å². The summed E-state index contributed by atoms with van der Waals surface area (Å²) in [4.78, 5) is 0. The summed E-state index contributed by atoms with van der Waals surface area (Å²) in [6.07, 6.45) is 1.27. The molecule has 0 bridgehead atoms.